The summed E-state index contributed by atoms with van der Waals surface area (Å²) in [6.45, 7) is 1.24. The van der Waals surface area contributed by atoms with Gasteiger partial charge in [0, 0.05) is 21.4 Å². The van der Waals surface area contributed by atoms with E-state index in [0.29, 0.717) is 15.7 Å². The Morgan fingerprint density at radius 2 is 1.68 bits per heavy atom. The molecule has 0 atom stereocenters. The van der Waals surface area contributed by atoms with Crippen LogP contribution >= 0.6 is 31.9 Å². The molecule has 28 heavy (non-hydrogen) atoms. The van der Waals surface area contributed by atoms with Gasteiger partial charge in [0.25, 0.3) is 11.8 Å². The molecule has 2 aromatic rings. The van der Waals surface area contributed by atoms with Gasteiger partial charge >= 0.3 is 12.0 Å². The molecule has 2 aromatic carbocycles. The second kappa shape index (κ2) is 8.07. The van der Waals surface area contributed by atoms with E-state index in [9.17, 15) is 19.2 Å². The molecule has 7 nitrogen and oxygen atoms in total. The van der Waals surface area contributed by atoms with E-state index in [1.807, 2.05) is 0 Å². The number of halogens is 2. The van der Waals surface area contributed by atoms with Crippen molar-refractivity contribution < 1.29 is 23.9 Å². The maximum Gasteiger partial charge on any atom is 0.335 e. The normalized spacial score (nSPS) is 15.6. The van der Waals surface area contributed by atoms with Gasteiger partial charge in [-0.05, 0) is 48.5 Å². The maximum atomic E-state index is 12.9. The quantitative estimate of drug-likeness (QED) is 0.295. The first kappa shape index (κ1) is 20.0. The van der Waals surface area contributed by atoms with Crippen molar-refractivity contribution >= 4 is 67.4 Å². The Balaban J connectivity index is 2.06. The summed E-state index contributed by atoms with van der Waals surface area (Å²) in [4.78, 5) is 49.6. The number of nitrogens with one attached hydrogen (secondary N) is 1. The Kier molecular flexibility index (Phi) is 5.76. The Morgan fingerprint density at radius 3 is 2.32 bits per heavy atom. The average molecular weight is 508 g/mol. The van der Waals surface area contributed by atoms with E-state index in [0.717, 1.165) is 9.37 Å². The first-order chi connectivity index (χ1) is 13.3. The van der Waals surface area contributed by atoms with Crippen LogP contribution in [0.4, 0.5) is 10.5 Å². The average Bonchev–Trinajstić information content (AvgIpc) is 2.62. The van der Waals surface area contributed by atoms with Gasteiger partial charge in [0.15, 0.2) is 0 Å². The summed E-state index contributed by atoms with van der Waals surface area (Å²) < 4.78 is 6.55. The van der Waals surface area contributed by atoms with Crippen LogP contribution < -0.4 is 15.0 Å². The molecule has 1 saturated heterocycles. The van der Waals surface area contributed by atoms with Crippen LogP contribution in [0.3, 0.4) is 0 Å². The van der Waals surface area contributed by atoms with Gasteiger partial charge in [-0.1, -0.05) is 31.9 Å². The fourth-order valence-corrected chi connectivity index (χ4v) is 3.16. The lowest BCUT2D eigenvalue weighted by atomic mass is 10.1. The van der Waals surface area contributed by atoms with E-state index in [4.69, 9.17) is 4.74 Å². The number of hydrogen-bond donors (Lipinski definition) is 1. The number of carbonyl (C=O) groups excluding carboxylic acids is 4. The summed E-state index contributed by atoms with van der Waals surface area (Å²) in [5, 5.41) is 2.15. The van der Waals surface area contributed by atoms with Crippen molar-refractivity contribution in [1.29, 1.82) is 0 Å². The number of urea groups is 1. The minimum atomic E-state index is -0.844. The smallest absolute Gasteiger partial charge is 0.335 e. The van der Waals surface area contributed by atoms with E-state index >= 15 is 0 Å². The van der Waals surface area contributed by atoms with Crippen LogP contribution in [0.15, 0.2) is 57.0 Å². The molecule has 1 fully saturated rings. The monoisotopic (exact) mass is 506 g/mol. The number of carbonyl (C=O) groups is 4. The predicted molar refractivity (Wildman–Crippen MR) is 109 cm³/mol. The predicted octanol–water partition coefficient (Wildman–Crippen LogP) is 3.80. The number of rotatable bonds is 3. The number of amides is 4. The number of benzene rings is 2. The molecule has 1 heterocycles. The topological polar surface area (TPSA) is 92.8 Å². The van der Waals surface area contributed by atoms with Gasteiger partial charge in [-0.15, -0.1) is 0 Å². The Bertz CT molecular complexity index is 1030. The summed E-state index contributed by atoms with van der Waals surface area (Å²) in [5.74, 6) is -1.99. The van der Waals surface area contributed by atoms with Crippen LogP contribution in [0.2, 0.25) is 0 Å². The molecule has 0 radical (unpaired) electrons. The van der Waals surface area contributed by atoms with Crippen molar-refractivity contribution in [2.75, 3.05) is 4.90 Å². The molecule has 1 N–H and O–H groups in total. The summed E-state index contributed by atoms with van der Waals surface area (Å²) in [6, 6.07) is 10.4. The van der Waals surface area contributed by atoms with E-state index < -0.39 is 23.8 Å². The molecule has 142 valence electrons. The number of imide groups is 2. The number of barbiturate groups is 1. The van der Waals surface area contributed by atoms with Gasteiger partial charge in [0.1, 0.15) is 11.3 Å². The minimum absolute atomic E-state index is 0.177. The lowest BCUT2D eigenvalue weighted by Crippen LogP contribution is -2.54. The highest BCUT2D eigenvalue weighted by molar-refractivity contribution is 9.10. The zero-order valence-corrected chi connectivity index (χ0v) is 17.5. The Hall–Kier alpha value is -2.78. The highest BCUT2D eigenvalue weighted by Crippen LogP contribution is 2.28. The van der Waals surface area contributed by atoms with Gasteiger partial charge in [0.2, 0.25) is 0 Å². The highest BCUT2D eigenvalue weighted by Gasteiger charge is 2.37. The Labute approximate surface area is 176 Å². The van der Waals surface area contributed by atoms with Crippen molar-refractivity contribution in [3.8, 4) is 5.75 Å². The van der Waals surface area contributed by atoms with E-state index in [2.05, 4.69) is 37.2 Å². The van der Waals surface area contributed by atoms with Crippen LogP contribution in [0, 0.1) is 0 Å². The van der Waals surface area contributed by atoms with Gasteiger partial charge < -0.3 is 4.74 Å². The molecule has 4 amide bonds. The van der Waals surface area contributed by atoms with Gasteiger partial charge in [-0.25, -0.2) is 9.69 Å². The first-order valence-electron chi connectivity index (χ1n) is 7.91. The lowest BCUT2D eigenvalue weighted by molar-refractivity contribution is -0.132. The maximum absolute atomic E-state index is 12.9. The SMILES string of the molecule is CC(=O)Oc1ccc(Br)cc1/C=C1/C(=O)NC(=O)N(c2ccc(Br)cc2)C1=O. The number of hydrogen-bond acceptors (Lipinski definition) is 5. The molecule has 0 saturated carbocycles. The van der Waals surface area contributed by atoms with Crippen molar-refractivity contribution in [1.82, 2.24) is 5.32 Å². The first-order valence-corrected chi connectivity index (χ1v) is 9.50. The summed E-state index contributed by atoms with van der Waals surface area (Å²) in [7, 11) is 0. The summed E-state index contributed by atoms with van der Waals surface area (Å²) in [5.41, 5.74) is 0.362. The minimum Gasteiger partial charge on any atom is -0.426 e. The van der Waals surface area contributed by atoms with Crippen molar-refractivity contribution in [3.63, 3.8) is 0 Å². The van der Waals surface area contributed by atoms with Gasteiger partial charge in [0.05, 0.1) is 5.69 Å². The fraction of sp³-hybridized carbons (Fsp3) is 0.0526. The van der Waals surface area contributed by atoms with Crippen LogP contribution in [0.25, 0.3) is 6.08 Å². The summed E-state index contributed by atoms with van der Waals surface area (Å²) >= 11 is 6.58. The summed E-state index contributed by atoms with van der Waals surface area (Å²) in [6.07, 6.45) is 1.28. The van der Waals surface area contributed by atoms with Crippen molar-refractivity contribution in [3.05, 3.63) is 62.5 Å². The van der Waals surface area contributed by atoms with E-state index in [1.54, 1.807) is 36.4 Å². The number of esters is 1. The second-order valence-electron chi connectivity index (χ2n) is 5.71. The molecule has 0 spiro atoms. The number of anilines is 1. The molecule has 3 rings (SSSR count). The van der Waals surface area contributed by atoms with Crippen LogP contribution in [0.1, 0.15) is 12.5 Å². The molecule has 0 aliphatic carbocycles. The van der Waals surface area contributed by atoms with Crippen LogP contribution in [-0.4, -0.2) is 23.8 Å². The third-order valence-corrected chi connectivity index (χ3v) is 4.73. The largest absolute Gasteiger partial charge is 0.426 e. The highest BCUT2D eigenvalue weighted by atomic mass is 79.9. The van der Waals surface area contributed by atoms with E-state index in [1.165, 1.54) is 19.1 Å². The number of nitrogens with zero attached hydrogens (tertiary/aromatic N) is 1. The molecular formula is C19H12Br2N2O5. The molecular weight excluding hydrogens is 496 g/mol. The zero-order chi connectivity index (χ0) is 20.4. The molecule has 1 aliphatic heterocycles. The Morgan fingerprint density at radius 1 is 1.04 bits per heavy atom. The molecule has 9 heteroatoms. The second-order valence-corrected chi connectivity index (χ2v) is 7.54. The molecule has 0 aromatic heterocycles. The molecule has 0 bridgehead atoms. The molecule has 1 aliphatic rings. The number of ether oxygens (including phenoxy) is 1. The van der Waals surface area contributed by atoms with Gasteiger partial charge in [-0.3, -0.25) is 19.7 Å². The van der Waals surface area contributed by atoms with Crippen molar-refractivity contribution in [2.45, 2.75) is 6.92 Å². The van der Waals surface area contributed by atoms with Crippen LogP contribution in [0.5, 0.6) is 5.75 Å². The van der Waals surface area contributed by atoms with Crippen LogP contribution in [-0.2, 0) is 14.4 Å². The molecule has 0 unspecified atom stereocenters. The van der Waals surface area contributed by atoms with Gasteiger partial charge in [-0.2, -0.15) is 0 Å². The zero-order valence-electron chi connectivity index (χ0n) is 14.4. The third-order valence-electron chi connectivity index (χ3n) is 3.71. The lowest BCUT2D eigenvalue weighted by Gasteiger charge is -2.26. The fourth-order valence-electron chi connectivity index (χ4n) is 2.52. The third kappa shape index (κ3) is 4.20. The van der Waals surface area contributed by atoms with E-state index in [-0.39, 0.29) is 11.3 Å². The van der Waals surface area contributed by atoms with Crippen molar-refractivity contribution in [2.24, 2.45) is 0 Å². The standard InChI is InChI=1S/C19H12Br2N2O5/c1-10(24)28-16-7-4-13(21)8-11(16)9-15-17(25)22-19(27)23(18(15)26)14-5-2-12(20)3-6-14/h2-9H,1H3,(H,22,25,27)/b15-9-.